The summed E-state index contributed by atoms with van der Waals surface area (Å²) in [4.78, 5) is 4.01. The molecule has 0 aliphatic heterocycles. The molecule has 0 atom stereocenters. The molecule has 0 saturated heterocycles. The lowest BCUT2D eigenvalue weighted by Crippen LogP contribution is -2.10. The number of ether oxygens (including phenoxy) is 1. The molecule has 10 heavy (non-hydrogen) atoms. The maximum atomic E-state index is 5.22. The SMILES string of the molecule is NCCOc1csc(Br)n1. The highest BCUT2D eigenvalue weighted by Crippen LogP contribution is 2.20. The topological polar surface area (TPSA) is 48.1 Å². The third kappa shape index (κ3) is 2.24. The van der Waals surface area contributed by atoms with E-state index in [-0.39, 0.29) is 0 Å². The number of rotatable bonds is 3. The van der Waals surface area contributed by atoms with Gasteiger partial charge < -0.3 is 10.5 Å². The van der Waals surface area contributed by atoms with Crippen molar-refractivity contribution in [2.45, 2.75) is 0 Å². The summed E-state index contributed by atoms with van der Waals surface area (Å²) in [5.41, 5.74) is 5.22. The summed E-state index contributed by atoms with van der Waals surface area (Å²) < 4.78 is 5.95. The molecule has 0 saturated carbocycles. The van der Waals surface area contributed by atoms with Crippen LogP contribution in [0.25, 0.3) is 0 Å². The molecule has 0 fully saturated rings. The van der Waals surface area contributed by atoms with Crippen LogP contribution in [-0.4, -0.2) is 18.1 Å². The fraction of sp³-hybridized carbons (Fsp3) is 0.400. The van der Waals surface area contributed by atoms with Crippen molar-refractivity contribution in [1.29, 1.82) is 0 Å². The van der Waals surface area contributed by atoms with Crippen molar-refractivity contribution in [3.8, 4) is 5.88 Å². The summed E-state index contributed by atoms with van der Waals surface area (Å²) in [6.45, 7) is 1.05. The van der Waals surface area contributed by atoms with Gasteiger partial charge in [0, 0.05) is 6.54 Å². The molecule has 0 radical (unpaired) electrons. The first-order valence-corrected chi connectivity index (χ1v) is 4.44. The van der Waals surface area contributed by atoms with E-state index in [1.54, 1.807) is 0 Å². The van der Waals surface area contributed by atoms with E-state index in [1.165, 1.54) is 11.3 Å². The number of nitrogens with two attached hydrogens (primary N) is 1. The fourth-order valence-corrected chi connectivity index (χ4v) is 1.38. The zero-order valence-corrected chi connectivity index (χ0v) is 7.61. The Morgan fingerprint density at radius 2 is 2.60 bits per heavy atom. The van der Waals surface area contributed by atoms with Crippen LogP contribution in [0.5, 0.6) is 5.88 Å². The summed E-state index contributed by atoms with van der Waals surface area (Å²) >= 11 is 4.71. The number of hydrogen-bond donors (Lipinski definition) is 1. The first-order chi connectivity index (χ1) is 4.83. The highest BCUT2D eigenvalue weighted by molar-refractivity contribution is 9.11. The summed E-state index contributed by atoms with van der Waals surface area (Å²) in [7, 11) is 0. The molecule has 0 spiro atoms. The molecule has 1 aromatic rings. The van der Waals surface area contributed by atoms with Crippen LogP contribution >= 0.6 is 27.3 Å². The second-order valence-corrected chi connectivity index (χ2v) is 3.71. The first-order valence-electron chi connectivity index (χ1n) is 2.77. The second kappa shape index (κ2) is 3.90. The number of nitrogens with zero attached hydrogens (tertiary/aromatic N) is 1. The molecular weight excluding hydrogens is 216 g/mol. The third-order valence-corrected chi connectivity index (χ3v) is 2.17. The molecule has 0 unspecified atom stereocenters. The molecule has 2 N–H and O–H groups in total. The maximum absolute atomic E-state index is 5.22. The molecule has 56 valence electrons. The van der Waals surface area contributed by atoms with Gasteiger partial charge in [-0.05, 0) is 15.9 Å². The minimum absolute atomic E-state index is 0.523. The Labute approximate surface area is 71.3 Å². The number of halogens is 1. The highest BCUT2D eigenvalue weighted by Gasteiger charge is 1.97. The standard InChI is InChI=1S/C5H7BrN2OS/c6-5-8-4(3-10-5)9-2-1-7/h3H,1-2,7H2. The molecule has 0 amide bonds. The fourth-order valence-electron chi connectivity index (χ4n) is 0.468. The molecule has 0 aromatic carbocycles. The van der Waals surface area contributed by atoms with Crippen LogP contribution < -0.4 is 10.5 Å². The van der Waals surface area contributed by atoms with E-state index in [4.69, 9.17) is 10.5 Å². The van der Waals surface area contributed by atoms with Gasteiger partial charge in [-0.2, -0.15) is 4.98 Å². The minimum Gasteiger partial charge on any atom is -0.476 e. The lowest BCUT2D eigenvalue weighted by Gasteiger charge is -1.96. The van der Waals surface area contributed by atoms with Crippen molar-refractivity contribution < 1.29 is 4.74 Å². The molecule has 0 bridgehead atoms. The predicted molar refractivity (Wildman–Crippen MR) is 44.4 cm³/mol. The molecule has 3 nitrogen and oxygen atoms in total. The van der Waals surface area contributed by atoms with Gasteiger partial charge in [0.2, 0.25) is 5.88 Å². The van der Waals surface area contributed by atoms with Crippen molar-refractivity contribution in [1.82, 2.24) is 4.98 Å². The van der Waals surface area contributed by atoms with E-state index in [0.717, 1.165) is 3.92 Å². The normalized spacial score (nSPS) is 9.80. The monoisotopic (exact) mass is 222 g/mol. The Bertz CT molecular complexity index is 203. The van der Waals surface area contributed by atoms with Gasteiger partial charge in [-0.15, -0.1) is 11.3 Å². The van der Waals surface area contributed by atoms with Gasteiger partial charge in [-0.1, -0.05) is 0 Å². The Morgan fingerprint density at radius 3 is 3.10 bits per heavy atom. The van der Waals surface area contributed by atoms with E-state index >= 15 is 0 Å². The second-order valence-electron chi connectivity index (χ2n) is 1.58. The highest BCUT2D eigenvalue weighted by atomic mass is 79.9. The average Bonchev–Trinajstić information content (AvgIpc) is 2.31. The molecule has 1 rings (SSSR count). The van der Waals surface area contributed by atoms with Gasteiger partial charge in [0.15, 0.2) is 3.92 Å². The van der Waals surface area contributed by atoms with Gasteiger partial charge in [-0.25, -0.2) is 0 Å². The molecule has 5 heteroatoms. The van der Waals surface area contributed by atoms with Gasteiger partial charge in [0.05, 0.1) is 5.38 Å². The van der Waals surface area contributed by atoms with Gasteiger partial charge >= 0.3 is 0 Å². The average molecular weight is 223 g/mol. The van der Waals surface area contributed by atoms with E-state index in [1.807, 2.05) is 5.38 Å². The van der Waals surface area contributed by atoms with Crippen LogP contribution in [0, 0.1) is 0 Å². The number of thiazole rings is 1. The van der Waals surface area contributed by atoms with Gasteiger partial charge in [0.1, 0.15) is 6.61 Å². The molecule has 1 heterocycles. The van der Waals surface area contributed by atoms with Crippen molar-refractivity contribution in [3.63, 3.8) is 0 Å². The summed E-state index contributed by atoms with van der Waals surface area (Å²) in [5, 5.41) is 1.83. The Kier molecular flexibility index (Phi) is 3.11. The van der Waals surface area contributed by atoms with Crippen molar-refractivity contribution >= 4 is 27.3 Å². The lowest BCUT2D eigenvalue weighted by atomic mass is 10.7. The Hall–Kier alpha value is -0.130. The predicted octanol–water partition coefficient (Wildman–Crippen LogP) is 1.24. The van der Waals surface area contributed by atoms with Crippen LogP contribution in [0.15, 0.2) is 9.30 Å². The number of aromatic nitrogens is 1. The van der Waals surface area contributed by atoms with Crippen LogP contribution in [0.4, 0.5) is 0 Å². The van der Waals surface area contributed by atoms with Gasteiger partial charge in [0.25, 0.3) is 0 Å². The summed E-state index contributed by atoms with van der Waals surface area (Å²) in [6, 6.07) is 0. The summed E-state index contributed by atoms with van der Waals surface area (Å²) in [6.07, 6.45) is 0. The van der Waals surface area contributed by atoms with Crippen LogP contribution in [0.1, 0.15) is 0 Å². The molecule has 0 aliphatic carbocycles. The largest absolute Gasteiger partial charge is 0.476 e. The zero-order valence-electron chi connectivity index (χ0n) is 5.21. The minimum atomic E-state index is 0.523. The zero-order chi connectivity index (χ0) is 7.40. The van der Waals surface area contributed by atoms with Crippen LogP contribution in [-0.2, 0) is 0 Å². The molecular formula is C5H7BrN2OS. The van der Waals surface area contributed by atoms with Crippen LogP contribution in [0.3, 0.4) is 0 Å². The van der Waals surface area contributed by atoms with E-state index in [9.17, 15) is 0 Å². The number of hydrogen-bond acceptors (Lipinski definition) is 4. The first kappa shape index (κ1) is 7.97. The van der Waals surface area contributed by atoms with E-state index in [2.05, 4.69) is 20.9 Å². The smallest absolute Gasteiger partial charge is 0.225 e. The summed E-state index contributed by atoms with van der Waals surface area (Å²) in [5.74, 6) is 0.641. The molecule has 1 aromatic heterocycles. The Balaban J connectivity index is 2.42. The van der Waals surface area contributed by atoms with Crippen molar-refractivity contribution in [2.75, 3.05) is 13.2 Å². The lowest BCUT2D eigenvalue weighted by molar-refractivity contribution is 0.317. The van der Waals surface area contributed by atoms with Gasteiger partial charge in [-0.3, -0.25) is 0 Å². The Morgan fingerprint density at radius 1 is 1.80 bits per heavy atom. The third-order valence-electron chi connectivity index (χ3n) is 0.823. The molecule has 0 aliphatic rings. The van der Waals surface area contributed by atoms with E-state index in [0.29, 0.717) is 19.0 Å². The van der Waals surface area contributed by atoms with E-state index < -0.39 is 0 Å². The quantitative estimate of drug-likeness (QED) is 0.838. The maximum Gasteiger partial charge on any atom is 0.225 e. The van der Waals surface area contributed by atoms with Crippen LogP contribution in [0.2, 0.25) is 0 Å². The van der Waals surface area contributed by atoms with Crippen molar-refractivity contribution in [2.24, 2.45) is 5.73 Å². The van der Waals surface area contributed by atoms with Crippen molar-refractivity contribution in [3.05, 3.63) is 9.30 Å².